The van der Waals surface area contributed by atoms with E-state index < -0.39 is 12.2 Å². The predicted molar refractivity (Wildman–Crippen MR) is 88.2 cm³/mol. The lowest BCUT2D eigenvalue weighted by molar-refractivity contribution is -0.274. The maximum Gasteiger partial charge on any atom is 0.573 e. The summed E-state index contributed by atoms with van der Waals surface area (Å²) in [4.78, 5) is 4.08. The number of ether oxygens (including phenoxy) is 2. The first-order chi connectivity index (χ1) is 12.2. The van der Waals surface area contributed by atoms with Gasteiger partial charge in [-0.25, -0.2) is 9.38 Å². The van der Waals surface area contributed by atoms with E-state index in [-0.39, 0.29) is 24.8 Å². The minimum Gasteiger partial charge on any atom is -0.497 e. The minimum atomic E-state index is -4.73. The number of methoxy groups -OCH3 is 1. The number of nitrogens with two attached hydrogens (primary N) is 1. The highest BCUT2D eigenvalue weighted by atomic mass is 19.4. The Morgan fingerprint density at radius 3 is 2.38 bits per heavy atom. The lowest BCUT2D eigenvalue weighted by Crippen LogP contribution is -2.31. The molecule has 0 spiro atoms. The number of alkyl halides is 3. The SMILES string of the molecule is COc1cc(F)cc(CN=C(N)NCc2ccc(OC(F)(F)F)cc2)c1. The van der Waals surface area contributed by atoms with Gasteiger partial charge in [-0.15, -0.1) is 13.2 Å². The highest BCUT2D eigenvalue weighted by Crippen LogP contribution is 2.22. The average molecular weight is 371 g/mol. The molecule has 3 N–H and O–H groups in total. The van der Waals surface area contributed by atoms with Crippen LogP contribution in [-0.4, -0.2) is 19.4 Å². The van der Waals surface area contributed by atoms with Gasteiger partial charge >= 0.3 is 6.36 Å². The summed E-state index contributed by atoms with van der Waals surface area (Å²) in [6, 6.07) is 9.56. The molecule has 2 aromatic rings. The van der Waals surface area contributed by atoms with Crippen molar-refractivity contribution in [2.75, 3.05) is 7.11 Å². The van der Waals surface area contributed by atoms with Crippen LogP contribution in [0.2, 0.25) is 0 Å². The molecule has 0 atom stereocenters. The van der Waals surface area contributed by atoms with E-state index in [4.69, 9.17) is 10.5 Å². The summed E-state index contributed by atoms with van der Waals surface area (Å²) in [6.45, 7) is 0.402. The highest BCUT2D eigenvalue weighted by Gasteiger charge is 2.30. The number of halogens is 4. The van der Waals surface area contributed by atoms with Gasteiger partial charge in [0.2, 0.25) is 0 Å². The Morgan fingerprint density at radius 1 is 1.08 bits per heavy atom. The van der Waals surface area contributed by atoms with Crippen molar-refractivity contribution in [1.29, 1.82) is 0 Å². The van der Waals surface area contributed by atoms with Gasteiger partial charge in [-0.05, 0) is 35.4 Å². The summed E-state index contributed by atoms with van der Waals surface area (Å²) in [5.74, 6) is -0.253. The van der Waals surface area contributed by atoms with Crippen molar-refractivity contribution in [3.63, 3.8) is 0 Å². The zero-order chi connectivity index (χ0) is 19.2. The third kappa shape index (κ3) is 6.50. The standard InChI is InChI=1S/C17H17F4N3O2/c1-25-15-7-12(6-13(18)8-15)10-24-16(22)23-9-11-2-4-14(5-3-11)26-17(19,20)21/h2-8H,9-10H2,1H3,(H3,22,23,24). The van der Waals surface area contributed by atoms with Gasteiger partial charge < -0.3 is 20.5 Å². The zero-order valence-corrected chi connectivity index (χ0v) is 13.8. The monoisotopic (exact) mass is 371 g/mol. The lowest BCUT2D eigenvalue weighted by atomic mass is 10.2. The second-order valence-corrected chi connectivity index (χ2v) is 5.25. The Balaban J connectivity index is 1.88. The summed E-state index contributed by atoms with van der Waals surface area (Å²) in [5, 5.41) is 2.82. The fourth-order valence-electron chi connectivity index (χ4n) is 2.06. The molecule has 0 unspecified atom stereocenters. The molecule has 9 heteroatoms. The van der Waals surface area contributed by atoms with Gasteiger partial charge in [0.05, 0.1) is 13.7 Å². The van der Waals surface area contributed by atoms with Crippen molar-refractivity contribution in [3.8, 4) is 11.5 Å². The first-order valence-electron chi connectivity index (χ1n) is 7.47. The van der Waals surface area contributed by atoms with Crippen molar-refractivity contribution in [3.05, 3.63) is 59.4 Å². The molecule has 0 saturated carbocycles. The quantitative estimate of drug-likeness (QED) is 0.464. The molecule has 0 aromatic heterocycles. The van der Waals surface area contributed by atoms with Crippen molar-refractivity contribution in [1.82, 2.24) is 5.32 Å². The molecule has 0 amide bonds. The summed E-state index contributed by atoms with van der Waals surface area (Å²) >= 11 is 0. The summed E-state index contributed by atoms with van der Waals surface area (Å²) < 4.78 is 58.4. The fraction of sp³-hybridized carbons (Fsp3) is 0.235. The second kappa shape index (κ2) is 8.41. The van der Waals surface area contributed by atoms with E-state index in [1.54, 1.807) is 6.07 Å². The molecule has 140 valence electrons. The lowest BCUT2D eigenvalue weighted by Gasteiger charge is -2.10. The molecule has 5 nitrogen and oxygen atoms in total. The van der Waals surface area contributed by atoms with Crippen LogP contribution >= 0.6 is 0 Å². The number of hydrogen-bond donors (Lipinski definition) is 2. The van der Waals surface area contributed by atoms with Crippen LogP contribution in [0.15, 0.2) is 47.5 Å². The van der Waals surface area contributed by atoms with E-state index in [0.717, 1.165) is 0 Å². The molecule has 0 aliphatic rings. The van der Waals surface area contributed by atoms with Crippen LogP contribution in [0.4, 0.5) is 17.6 Å². The first-order valence-corrected chi connectivity index (χ1v) is 7.47. The van der Waals surface area contributed by atoms with Gasteiger partial charge in [-0.1, -0.05) is 12.1 Å². The molecule has 0 radical (unpaired) electrons. The molecular weight excluding hydrogens is 354 g/mol. The summed E-state index contributed by atoms with van der Waals surface area (Å²) in [7, 11) is 1.43. The molecule has 0 aliphatic carbocycles. The molecule has 0 heterocycles. The van der Waals surface area contributed by atoms with Crippen LogP contribution < -0.4 is 20.5 Å². The Kier molecular flexibility index (Phi) is 6.26. The Morgan fingerprint density at radius 2 is 1.77 bits per heavy atom. The number of hydrogen-bond acceptors (Lipinski definition) is 3. The second-order valence-electron chi connectivity index (χ2n) is 5.25. The molecule has 26 heavy (non-hydrogen) atoms. The van der Waals surface area contributed by atoms with Gasteiger partial charge in [-0.3, -0.25) is 0 Å². The summed E-state index contributed by atoms with van der Waals surface area (Å²) in [5.41, 5.74) is 7.00. The normalized spacial score (nSPS) is 12.0. The highest BCUT2D eigenvalue weighted by molar-refractivity contribution is 5.77. The van der Waals surface area contributed by atoms with E-state index in [0.29, 0.717) is 16.9 Å². The Labute approximate surface area is 147 Å². The van der Waals surface area contributed by atoms with Crippen LogP contribution in [-0.2, 0) is 13.1 Å². The van der Waals surface area contributed by atoms with Gasteiger partial charge in [0, 0.05) is 12.6 Å². The number of nitrogens with zero attached hydrogens (tertiary/aromatic N) is 1. The molecular formula is C17H17F4N3O2. The first kappa shape index (κ1) is 19.4. The number of guanidine groups is 1. The van der Waals surface area contributed by atoms with Gasteiger partial charge in [0.25, 0.3) is 0 Å². The van der Waals surface area contributed by atoms with Gasteiger partial charge in [0.15, 0.2) is 5.96 Å². The van der Waals surface area contributed by atoms with E-state index >= 15 is 0 Å². The third-order valence-corrected chi connectivity index (χ3v) is 3.23. The Bertz CT molecular complexity index is 762. The largest absolute Gasteiger partial charge is 0.573 e. The van der Waals surface area contributed by atoms with Crippen LogP contribution in [0, 0.1) is 5.82 Å². The Hall–Kier alpha value is -2.97. The van der Waals surface area contributed by atoms with Gasteiger partial charge in [0.1, 0.15) is 17.3 Å². The predicted octanol–water partition coefficient (Wildman–Crippen LogP) is 3.34. The topological polar surface area (TPSA) is 68.9 Å². The van der Waals surface area contributed by atoms with E-state index in [2.05, 4.69) is 15.0 Å². The van der Waals surface area contributed by atoms with Crippen LogP contribution in [0.25, 0.3) is 0 Å². The summed E-state index contributed by atoms with van der Waals surface area (Å²) in [6.07, 6.45) is -4.73. The fourth-order valence-corrected chi connectivity index (χ4v) is 2.06. The van der Waals surface area contributed by atoms with Gasteiger partial charge in [-0.2, -0.15) is 0 Å². The van der Waals surface area contributed by atoms with Crippen molar-refractivity contribution < 1.29 is 27.0 Å². The third-order valence-electron chi connectivity index (χ3n) is 3.23. The van der Waals surface area contributed by atoms with E-state index in [1.165, 1.54) is 43.5 Å². The van der Waals surface area contributed by atoms with E-state index in [1.807, 2.05) is 0 Å². The van der Waals surface area contributed by atoms with Crippen molar-refractivity contribution in [2.24, 2.45) is 10.7 Å². The maximum absolute atomic E-state index is 13.4. The zero-order valence-electron chi connectivity index (χ0n) is 13.8. The maximum atomic E-state index is 13.4. The molecule has 0 fully saturated rings. The van der Waals surface area contributed by atoms with Crippen molar-refractivity contribution >= 4 is 5.96 Å². The van der Waals surface area contributed by atoms with Crippen LogP contribution in [0.5, 0.6) is 11.5 Å². The molecule has 0 bridgehead atoms. The average Bonchev–Trinajstić information content (AvgIpc) is 2.57. The minimum absolute atomic E-state index is 0.115. The number of nitrogens with one attached hydrogen (secondary N) is 1. The van der Waals surface area contributed by atoms with Crippen molar-refractivity contribution in [2.45, 2.75) is 19.5 Å². The van der Waals surface area contributed by atoms with Crippen LogP contribution in [0.1, 0.15) is 11.1 Å². The smallest absolute Gasteiger partial charge is 0.497 e. The molecule has 2 aromatic carbocycles. The molecule has 2 rings (SSSR count). The van der Waals surface area contributed by atoms with Crippen LogP contribution in [0.3, 0.4) is 0 Å². The molecule has 0 saturated heterocycles. The van der Waals surface area contributed by atoms with E-state index in [9.17, 15) is 17.6 Å². The number of benzene rings is 2. The number of rotatable bonds is 6. The molecule has 0 aliphatic heterocycles. The number of aliphatic imine (C=N–C) groups is 1.